The van der Waals surface area contributed by atoms with E-state index in [1.54, 1.807) is 0 Å². The van der Waals surface area contributed by atoms with Gasteiger partial charge in [-0.3, -0.25) is 0 Å². The lowest BCUT2D eigenvalue weighted by Crippen LogP contribution is -2.39. The van der Waals surface area contributed by atoms with Gasteiger partial charge in [0.05, 0.1) is 0 Å². The van der Waals surface area contributed by atoms with Crippen LogP contribution in [0.15, 0.2) is 12.4 Å². The molecule has 1 aliphatic heterocycles. The van der Waals surface area contributed by atoms with E-state index >= 15 is 0 Å². The van der Waals surface area contributed by atoms with Crippen LogP contribution in [0.25, 0.3) is 0 Å². The Morgan fingerprint density at radius 2 is 0.605 bits per heavy atom. The maximum Gasteiger partial charge on any atom is 0.101 e. The van der Waals surface area contributed by atoms with E-state index in [1.165, 1.54) is 193 Å². The number of rotatable bonds is 30. The molecule has 0 spiro atoms. The molecule has 0 saturated heterocycles. The van der Waals surface area contributed by atoms with Crippen molar-refractivity contribution < 1.29 is 0 Å². The quantitative estimate of drug-likeness (QED) is 0.0848. The summed E-state index contributed by atoms with van der Waals surface area (Å²) in [4.78, 5) is 5.37. The summed E-state index contributed by atoms with van der Waals surface area (Å²) < 4.78 is 0. The average Bonchev–Trinajstić information content (AvgIpc) is 3.31. The first-order valence-electron chi connectivity index (χ1n) is 18.0. The van der Waals surface area contributed by atoms with Crippen LogP contribution in [0.5, 0.6) is 0 Å². The molecule has 1 aliphatic rings. The van der Waals surface area contributed by atoms with Gasteiger partial charge in [-0.2, -0.15) is 0 Å². The summed E-state index contributed by atoms with van der Waals surface area (Å²) in [5.41, 5.74) is 0. The van der Waals surface area contributed by atoms with Gasteiger partial charge in [0.15, 0.2) is 0 Å². The van der Waals surface area contributed by atoms with Crippen LogP contribution in [0.1, 0.15) is 201 Å². The van der Waals surface area contributed by atoms with Crippen molar-refractivity contribution in [2.24, 2.45) is 0 Å². The van der Waals surface area contributed by atoms with Gasteiger partial charge in [0, 0.05) is 25.5 Å². The van der Waals surface area contributed by atoms with Crippen molar-refractivity contribution in [3.8, 4) is 0 Å². The van der Waals surface area contributed by atoms with Gasteiger partial charge in [0.1, 0.15) is 6.17 Å². The zero-order valence-electron chi connectivity index (χ0n) is 26.8. The van der Waals surface area contributed by atoms with Crippen LogP contribution in [0.2, 0.25) is 0 Å². The van der Waals surface area contributed by atoms with Gasteiger partial charge in [-0.15, -0.1) is 0 Å². The number of hydrogen-bond acceptors (Lipinski definition) is 2. The average molecular weight is 533 g/mol. The molecule has 1 atom stereocenters. The lowest BCUT2D eigenvalue weighted by atomic mass is 10.0. The molecular weight excluding hydrogens is 460 g/mol. The molecule has 2 nitrogen and oxygen atoms in total. The summed E-state index contributed by atoms with van der Waals surface area (Å²) >= 11 is 0. The predicted octanol–water partition coefficient (Wildman–Crippen LogP) is 12.4. The van der Waals surface area contributed by atoms with Crippen molar-refractivity contribution in [1.29, 1.82) is 0 Å². The molecule has 2 heteroatoms. The van der Waals surface area contributed by atoms with E-state index in [-0.39, 0.29) is 0 Å². The fourth-order valence-corrected chi connectivity index (χ4v) is 6.19. The standard InChI is InChI=1S/C36H72N2/c1-4-7-10-12-14-16-18-19-21-23-25-27-30-33-38-35-34-37(32-29-9-6-3)36(38)31-28-26-24-22-20-17-15-13-11-8-5-2/h34-36H,4-33H2,1-3H3. The van der Waals surface area contributed by atoms with Crippen LogP contribution in [-0.2, 0) is 0 Å². The van der Waals surface area contributed by atoms with Crippen LogP contribution in [0, 0.1) is 0 Å². The van der Waals surface area contributed by atoms with Crippen LogP contribution in [0.4, 0.5) is 0 Å². The lowest BCUT2D eigenvalue weighted by molar-refractivity contribution is 0.135. The van der Waals surface area contributed by atoms with Crippen molar-refractivity contribution in [3.63, 3.8) is 0 Å². The van der Waals surface area contributed by atoms with Crippen molar-refractivity contribution in [2.45, 2.75) is 207 Å². The van der Waals surface area contributed by atoms with Crippen LogP contribution in [-0.4, -0.2) is 29.1 Å². The summed E-state index contributed by atoms with van der Waals surface area (Å²) in [6, 6.07) is 0. The van der Waals surface area contributed by atoms with Crippen LogP contribution < -0.4 is 0 Å². The topological polar surface area (TPSA) is 6.48 Å². The molecule has 0 saturated carbocycles. The molecule has 0 radical (unpaired) electrons. The zero-order valence-corrected chi connectivity index (χ0v) is 26.8. The number of hydrogen-bond donors (Lipinski definition) is 0. The summed E-state index contributed by atoms with van der Waals surface area (Å²) in [5.74, 6) is 0. The predicted molar refractivity (Wildman–Crippen MR) is 173 cm³/mol. The van der Waals surface area contributed by atoms with Gasteiger partial charge in [0.25, 0.3) is 0 Å². The second-order valence-corrected chi connectivity index (χ2v) is 12.5. The molecule has 0 aromatic heterocycles. The third-order valence-corrected chi connectivity index (χ3v) is 8.82. The van der Waals surface area contributed by atoms with Crippen molar-refractivity contribution in [2.75, 3.05) is 13.1 Å². The van der Waals surface area contributed by atoms with Crippen LogP contribution in [0.3, 0.4) is 0 Å². The highest BCUT2D eigenvalue weighted by molar-refractivity contribution is 4.97. The Morgan fingerprint density at radius 3 is 0.974 bits per heavy atom. The second kappa shape index (κ2) is 27.9. The van der Waals surface area contributed by atoms with E-state index in [1.807, 2.05) is 0 Å². The van der Waals surface area contributed by atoms with E-state index in [0.717, 1.165) is 0 Å². The molecule has 0 aromatic carbocycles. The molecule has 226 valence electrons. The normalized spacial score (nSPS) is 15.3. The van der Waals surface area contributed by atoms with Gasteiger partial charge in [-0.25, -0.2) is 0 Å². The fraction of sp³-hybridized carbons (Fsp3) is 0.944. The second-order valence-electron chi connectivity index (χ2n) is 12.5. The Kier molecular flexibility index (Phi) is 26.0. The van der Waals surface area contributed by atoms with Gasteiger partial charge in [-0.1, -0.05) is 175 Å². The highest BCUT2D eigenvalue weighted by Gasteiger charge is 2.24. The van der Waals surface area contributed by atoms with Crippen molar-refractivity contribution >= 4 is 0 Å². The SMILES string of the molecule is CCCCCCCCCCCCCCCN1C=CN(CCCCC)C1CCCCCCCCCCCCC. The monoisotopic (exact) mass is 533 g/mol. The molecule has 1 heterocycles. The zero-order chi connectivity index (χ0) is 27.4. The first-order chi connectivity index (χ1) is 18.8. The molecule has 0 aliphatic carbocycles. The Hall–Kier alpha value is -0.660. The third-order valence-electron chi connectivity index (χ3n) is 8.82. The lowest BCUT2D eigenvalue weighted by Gasteiger charge is -2.33. The maximum absolute atomic E-state index is 2.70. The maximum atomic E-state index is 2.70. The molecule has 0 N–H and O–H groups in total. The molecule has 0 aromatic rings. The molecule has 1 rings (SSSR count). The minimum absolute atomic E-state index is 0.641. The first kappa shape index (κ1) is 35.4. The number of unbranched alkanes of at least 4 members (excludes halogenated alkanes) is 24. The Bertz CT molecular complexity index is 488. The minimum Gasteiger partial charge on any atom is -0.356 e. The van der Waals surface area contributed by atoms with Gasteiger partial charge >= 0.3 is 0 Å². The van der Waals surface area contributed by atoms with Crippen molar-refractivity contribution in [3.05, 3.63) is 12.4 Å². The van der Waals surface area contributed by atoms with E-state index in [9.17, 15) is 0 Å². The molecular formula is C36H72N2. The van der Waals surface area contributed by atoms with E-state index in [2.05, 4.69) is 43.0 Å². The first-order valence-corrected chi connectivity index (χ1v) is 18.0. The van der Waals surface area contributed by atoms with E-state index < -0.39 is 0 Å². The van der Waals surface area contributed by atoms with Gasteiger partial charge in [-0.05, 0) is 25.7 Å². The van der Waals surface area contributed by atoms with Gasteiger partial charge < -0.3 is 9.80 Å². The Morgan fingerprint density at radius 1 is 0.342 bits per heavy atom. The highest BCUT2D eigenvalue weighted by atomic mass is 15.4. The smallest absolute Gasteiger partial charge is 0.101 e. The molecule has 1 unspecified atom stereocenters. The third kappa shape index (κ3) is 20.3. The Balaban J connectivity index is 2.11. The summed E-state index contributed by atoms with van der Waals surface area (Å²) in [6.07, 6.45) is 45.5. The Labute approximate surface area is 241 Å². The van der Waals surface area contributed by atoms with Crippen molar-refractivity contribution in [1.82, 2.24) is 9.80 Å². The molecule has 0 bridgehead atoms. The van der Waals surface area contributed by atoms with E-state index in [4.69, 9.17) is 0 Å². The van der Waals surface area contributed by atoms with E-state index in [0.29, 0.717) is 6.17 Å². The molecule has 0 fully saturated rings. The fourth-order valence-electron chi connectivity index (χ4n) is 6.19. The minimum atomic E-state index is 0.641. The highest BCUT2D eigenvalue weighted by Crippen LogP contribution is 2.24. The largest absolute Gasteiger partial charge is 0.356 e. The summed E-state index contributed by atoms with van der Waals surface area (Å²) in [5, 5.41) is 0. The van der Waals surface area contributed by atoms with Crippen LogP contribution >= 0.6 is 0 Å². The summed E-state index contributed by atoms with van der Waals surface area (Å²) in [7, 11) is 0. The summed E-state index contributed by atoms with van der Waals surface area (Å²) in [6.45, 7) is 9.46. The molecule has 0 amide bonds. The number of nitrogens with zero attached hydrogens (tertiary/aromatic N) is 2. The van der Waals surface area contributed by atoms with Gasteiger partial charge in [0.2, 0.25) is 0 Å². The molecule has 38 heavy (non-hydrogen) atoms.